The van der Waals surface area contributed by atoms with Crippen molar-refractivity contribution in [3.63, 3.8) is 0 Å². The van der Waals surface area contributed by atoms with Gasteiger partial charge in [0.15, 0.2) is 0 Å². The van der Waals surface area contributed by atoms with Crippen LogP contribution in [0.3, 0.4) is 0 Å². The van der Waals surface area contributed by atoms with Gasteiger partial charge in [0.2, 0.25) is 5.91 Å². The number of benzene rings is 1. The van der Waals surface area contributed by atoms with E-state index in [2.05, 4.69) is 14.7 Å². The van der Waals surface area contributed by atoms with Gasteiger partial charge in [-0.3, -0.25) is 14.6 Å². The summed E-state index contributed by atoms with van der Waals surface area (Å²) in [6, 6.07) is 7.68. The molecule has 3 heterocycles. The lowest BCUT2D eigenvalue weighted by molar-refractivity contribution is -0.136. The van der Waals surface area contributed by atoms with Crippen LogP contribution >= 0.6 is 0 Å². The van der Waals surface area contributed by atoms with Gasteiger partial charge in [-0.2, -0.15) is 0 Å². The number of carbonyl (C=O) groups excluding carboxylic acids is 1. The molecular formula is C22H32FN3O. The number of hydrogen-bond acceptors (Lipinski definition) is 3. The number of rotatable bonds is 4. The van der Waals surface area contributed by atoms with E-state index in [4.69, 9.17) is 0 Å². The van der Waals surface area contributed by atoms with Crippen LogP contribution in [0.5, 0.6) is 0 Å². The Balaban J connectivity index is 1.27. The number of nitrogens with zero attached hydrogens (tertiary/aromatic N) is 3. The van der Waals surface area contributed by atoms with Gasteiger partial charge >= 0.3 is 0 Å². The molecule has 0 saturated carbocycles. The van der Waals surface area contributed by atoms with Crippen LogP contribution in [0.2, 0.25) is 0 Å². The van der Waals surface area contributed by atoms with Crippen molar-refractivity contribution < 1.29 is 9.18 Å². The first-order valence-corrected chi connectivity index (χ1v) is 10.7. The van der Waals surface area contributed by atoms with Crippen molar-refractivity contribution in [3.05, 3.63) is 35.6 Å². The van der Waals surface area contributed by atoms with Crippen molar-refractivity contribution in [1.82, 2.24) is 14.7 Å². The van der Waals surface area contributed by atoms with Gasteiger partial charge in [0, 0.05) is 37.8 Å². The van der Waals surface area contributed by atoms with Crippen LogP contribution in [0.1, 0.15) is 44.1 Å². The Labute approximate surface area is 162 Å². The molecular weight excluding hydrogens is 341 g/mol. The molecule has 3 aliphatic heterocycles. The molecule has 0 bridgehead atoms. The summed E-state index contributed by atoms with van der Waals surface area (Å²) in [6.45, 7) is 6.72. The topological polar surface area (TPSA) is 26.8 Å². The zero-order chi connectivity index (χ0) is 18.6. The van der Waals surface area contributed by atoms with E-state index in [1.54, 1.807) is 12.1 Å². The lowest BCUT2D eigenvalue weighted by Gasteiger charge is -2.42. The summed E-state index contributed by atoms with van der Waals surface area (Å²) < 4.78 is 13.9. The zero-order valence-corrected chi connectivity index (χ0v) is 16.3. The number of likely N-dealkylation sites (tertiary alicyclic amines) is 3. The molecule has 3 fully saturated rings. The minimum absolute atomic E-state index is 0.0982. The van der Waals surface area contributed by atoms with E-state index in [1.165, 1.54) is 12.8 Å². The van der Waals surface area contributed by atoms with Gasteiger partial charge < -0.3 is 4.90 Å². The van der Waals surface area contributed by atoms with Gasteiger partial charge in [0.25, 0.3) is 0 Å². The highest BCUT2D eigenvalue weighted by atomic mass is 19.1. The third-order valence-electron chi connectivity index (χ3n) is 6.65. The normalized spacial score (nSPS) is 25.8. The molecule has 0 aromatic heterocycles. The monoisotopic (exact) mass is 373 g/mol. The quantitative estimate of drug-likeness (QED) is 0.811. The summed E-state index contributed by atoms with van der Waals surface area (Å²) in [5, 5.41) is 0. The SMILES string of the molecule is O=C(C1CCCN(C2CCN(Cc3ccccc3F)CC2)C1)N1CCCC1. The van der Waals surface area contributed by atoms with Crippen LogP contribution in [0.15, 0.2) is 24.3 Å². The average molecular weight is 374 g/mol. The van der Waals surface area contributed by atoms with E-state index < -0.39 is 0 Å². The molecule has 0 radical (unpaired) electrons. The van der Waals surface area contributed by atoms with Crippen molar-refractivity contribution in [2.75, 3.05) is 39.3 Å². The Morgan fingerprint density at radius 3 is 2.44 bits per heavy atom. The van der Waals surface area contributed by atoms with Crippen molar-refractivity contribution in [2.24, 2.45) is 5.92 Å². The summed E-state index contributed by atoms with van der Waals surface area (Å²) >= 11 is 0. The first-order valence-electron chi connectivity index (χ1n) is 10.7. The van der Waals surface area contributed by atoms with Gasteiger partial charge in [0.05, 0.1) is 5.92 Å². The number of hydrogen-bond donors (Lipinski definition) is 0. The fraction of sp³-hybridized carbons (Fsp3) is 0.682. The van der Waals surface area contributed by atoms with Crippen LogP contribution in [0, 0.1) is 11.7 Å². The molecule has 5 heteroatoms. The van der Waals surface area contributed by atoms with Crippen molar-refractivity contribution >= 4 is 5.91 Å². The smallest absolute Gasteiger partial charge is 0.226 e. The first kappa shape index (κ1) is 18.9. The van der Waals surface area contributed by atoms with Crippen molar-refractivity contribution in [3.8, 4) is 0 Å². The van der Waals surface area contributed by atoms with Crippen molar-refractivity contribution in [1.29, 1.82) is 0 Å². The van der Waals surface area contributed by atoms with Gasteiger partial charge in [-0.1, -0.05) is 18.2 Å². The Morgan fingerprint density at radius 1 is 0.963 bits per heavy atom. The average Bonchev–Trinajstić information content (AvgIpc) is 3.25. The molecule has 0 N–H and O–H groups in total. The molecule has 0 aliphatic carbocycles. The third-order valence-corrected chi connectivity index (χ3v) is 6.65. The molecule has 0 spiro atoms. The number of piperidine rings is 2. The van der Waals surface area contributed by atoms with Crippen LogP contribution in [-0.4, -0.2) is 65.9 Å². The van der Waals surface area contributed by atoms with E-state index >= 15 is 0 Å². The molecule has 148 valence electrons. The molecule has 3 aliphatic rings. The second-order valence-corrected chi connectivity index (χ2v) is 8.47. The van der Waals surface area contributed by atoms with Crippen LogP contribution in [0.4, 0.5) is 4.39 Å². The van der Waals surface area contributed by atoms with Gasteiger partial charge in [-0.05, 0) is 64.2 Å². The number of carbonyl (C=O) groups is 1. The van der Waals surface area contributed by atoms with Crippen molar-refractivity contribution in [2.45, 2.75) is 51.1 Å². The van der Waals surface area contributed by atoms with E-state index in [0.717, 1.165) is 70.5 Å². The third kappa shape index (κ3) is 4.52. The molecule has 1 amide bonds. The highest BCUT2D eigenvalue weighted by molar-refractivity contribution is 5.79. The van der Waals surface area contributed by atoms with Crippen LogP contribution < -0.4 is 0 Å². The minimum Gasteiger partial charge on any atom is -0.342 e. The minimum atomic E-state index is -0.0982. The Kier molecular flexibility index (Phi) is 6.08. The van der Waals surface area contributed by atoms with Crippen LogP contribution in [0.25, 0.3) is 0 Å². The summed E-state index contributed by atoms with van der Waals surface area (Å²) in [6.07, 6.45) is 6.78. The highest BCUT2D eigenvalue weighted by Gasteiger charge is 2.34. The molecule has 3 saturated heterocycles. The van der Waals surface area contributed by atoms with E-state index in [1.807, 2.05) is 12.1 Å². The molecule has 4 nitrogen and oxygen atoms in total. The number of amides is 1. The van der Waals surface area contributed by atoms with Gasteiger partial charge in [-0.25, -0.2) is 4.39 Å². The van der Waals surface area contributed by atoms with Gasteiger partial charge in [0.1, 0.15) is 5.82 Å². The summed E-state index contributed by atoms with van der Waals surface area (Å²) in [5.41, 5.74) is 0.796. The van der Waals surface area contributed by atoms with E-state index in [0.29, 0.717) is 18.5 Å². The maximum absolute atomic E-state index is 13.9. The van der Waals surface area contributed by atoms with Gasteiger partial charge in [-0.15, -0.1) is 0 Å². The highest BCUT2D eigenvalue weighted by Crippen LogP contribution is 2.26. The second-order valence-electron chi connectivity index (χ2n) is 8.47. The summed E-state index contributed by atoms with van der Waals surface area (Å²) in [7, 11) is 0. The molecule has 4 rings (SSSR count). The first-order chi connectivity index (χ1) is 13.2. The Morgan fingerprint density at radius 2 is 1.70 bits per heavy atom. The maximum Gasteiger partial charge on any atom is 0.226 e. The molecule has 27 heavy (non-hydrogen) atoms. The van der Waals surface area contributed by atoms with E-state index in [-0.39, 0.29) is 11.7 Å². The van der Waals surface area contributed by atoms with E-state index in [9.17, 15) is 9.18 Å². The summed E-state index contributed by atoms with van der Waals surface area (Å²) in [5.74, 6) is 0.501. The molecule has 1 aromatic rings. The molecule has 1 atom stereocenters. The molecule has 1 aromatic carbocycles. The maximum atomic E-state index is 13.9. The number of halogens is 1. The Bertz CT molecular complexity index is 638. The standard InChI is InChI=1S/C22H32FN3O/c23-21-8-2-1-6-18(21)16-24-14-9-20(10-15-24)26-13-5-7-19(17-26)22(27)25-11-3-4-12-25/h1-2,6,8,19-20H,3-5,7,9-17H2. The fourth-order valence-electron chi connectivity index (χ4n) is 5.05. The Hall–Kier alpha value is -1.46. The lowest BCUT2D eigenvalue weighted by Crippen LogP contribution is -2.51. The lowest BCUT2D eigenvalue weighted by atomic mass is 9.93. The fourth-order valence-corrected chi connectivity index (χ4v) is 5.05. The predicted molar refractivity (Wildman–Crippen MR) is 105 cm³/mol. The second kappa shape index (κ2) is 8.70. The largest absolute Gasteiger partial charge is 0.342 e. The predicted octanol–water partition coefficient (Wildman–Crippen LogP) is 3.12. The zero-order valence-electron chi connectivity index (χ0n) is 16.3. The van der Waals surface area contributed by atoms with Crippen LogP contribution in [-0.2, 0) is 11.3 Å². The summed E-state index contributed by atoms with van der Waals surface area (Å²) in [4.78, 5) is 19.8. The molecule has 1 unspecified atom stereocenters.